The number of hydrogen-bond acceptors (Lipinski definition) is 3. The number of rotatable bonds is 5. The van der Waals surface area contributed by atoms with E-state index in [0.29, 0.717) is 30.9 Å². The van der Waals surface area contributed by atoms with E-state index >= 15 is 0 Å². The van der Waals surface area contributed by atoms with Crippen LogP contribution in [0.3, 0.4) is 0 Å². The van der Waals surface area contributed by atoms with E-state index in [1.807, 2.05) is 24.3 Å². The Hall–Kier alpha value is -0.0878. The molecule has 2 aliphatic rings. The SMILES string of the molecule is C[C@H](O)[C@@H](CC1CC1)C(=O)N[C@H]1CCc2ccccc2[N-]C1=O.[CH3-].[CH3-].[W+2].[Y]. The molecule has 27 heavy (non-hydrogen) atoms. The third-order valence-electron chi connectivity index (χ3n) is 4.74. The molecule has 7 heteroatoms. The fraction of sp³-hybridized carbons (Fsp3) is 0.500. The van der Waals surface area contributed by atoms with E-state index in [1.165, 1.54) is 0 Å². The first-order chi connectivity index (χ1) is 11.0. The average Bonchev–Trinajstić information content (AvgIpc) is 3.34. The van der Waals surface area contributed by atoms with Crippen molar-refractivity contribution >= 4 is 17.5 Å². The van der Waals surface area contributed by atoms with Gasteiger partial charge in [0.2, 0.25) is 5.91 Å². The van der Waals surface area contributed by atoms with Gasteiger partial charge in [-0.3, -0.25) is 4.79 Å². The Morgan fingerprint density at radius 1 is 1.26 bits per heavy atom. The summed E-state index contributed by atoms with van der Waals surface area (Å²) in [5.41, 5.74) is 1.72. The summed E-state index contributed by atoms with van der Waals surface area (Å²) in [5.74, 6) is -0.439. The molecule has 1 aliphatic carbocycles. The maximum atomic E-state index is 12.5. The normalized spacial score (nSPS) is 19.8. The van der Waals surface area contributed by atoms with E-state index in [2.05, 4.69) is 10.6 Å². The number of hydrogen-bond donors (Lipinski definition) is 2. The smallest absolute Gasteiger partial charge is 0.625 e. The van der Waals surface area contributed by atoms with Crippen LogP contribution in [0.4, 0.5) is 5.69 Å². The van der Waals surface area contributed by atoms with E-state index in [4.69, 9.17) is 0 Å². The molecule has 1 radical (unpaired) electrons. The maximum Gasteiger partial charge on any atom is 2.00 e. The van der Waals surface area contributed by atoms with Gasteiger partial charge in [0.05, 0.1) is 24.0 Å². The Morgan fingerprint density at radius 3 is 2.48 bits per heavy atom. The second kappa shape index (κ2) is 13.2. The van der Waals surface area contributed by atoms with Gasteiger partial charge >= 0.3 is 21.1 Å². The molecule has 1 fully saturated rings. The predicted molar refractivity (Wildman–Crippen MR) is 100 cm³/mol. The number of carbonyl (C=O) groups is 2. The summed E-state index contributed by atoms with van der Waals surface area (Å²) in [7, 11) is 0. The van der Waals surface area contributed by atoms with Crippen LogP contribution >= 0.6 is 0 Å². The van der Waals surface area contributed by atoms with Gasteiger partial charge in [0.1, 0.15) is 0 Å². The van der Waals surface area contributed by atoms with Crippen molar-refractivity contribution in [3.05, 3.63) is 50.0 Å². The van der Waals surface area contributed by atoms with E-state index in [-0.39, 0.29) is 80.4 Å². The van der Waals surface area contributed by atoms with Gasteiger partial charge in [-0.25, -0.2) is 0 Å². The molecular formula is C20H29N2O3WY-. The van der Waals surface area contributed by atoms with Crippen molar-refractivity contribution in [3.63, 3.8) is 0 Å². The van der Waals surface area contributed by atoms with Crippen molar-refractivity contribution < 1.29 is 68.5 Å². The standard InChI is InChI=1S/C18H24N2O3.2CH3.W.Y/c1-11(21)14(10-12-6-7-12)17(22)20-16-9-8-13-4-2-3-5-15(13)19-18(16)23;;;;/h2-5,11-12,14,16,21H,6-10H2,1H3,(H2,19,20,22,23);2*1H3;;/q;2*-1;+2;/p-1/t11-,14+,16-;;;;/m0..../s1. The molecule has 1 aromatic carbocycles. The van der Waals surface area contributed by atoms with Crippen LogP contribution in [0.5, 0.6) is 0 Å². The van der Waals surface area contributed by atoms with Gasteiger partial charge in [-0.1, -0.05) is 42.7 Å². The molecule has 2 amide bonds. The number of nitrogens with one attached hydrogen (secondary N) is 1. The second-order valence-electron chi connectivity index (χ2n) is 6.70. The Morgan fingerprint density at radius 2 is 1.89 bits per heavy atom. The fourth-order valence-electron chi connectivity index (χ4n) is 3.10. The number of carbonyl (C=O) groups excluding carboxylic acids is 2. The minimum atomic E-state index is -0.703. The zero-order valence-electron chi connectivity index (χ0n) is 16.4. The minimum Gasteiger partial charge on any atom is -0.625 e. The van der Waals surface area contributed by atoms with E-state index in [0.717, 1.165) is 18.4 Å². The molecule has 2 N–H and O–H groups in total. The van der Waals surface area contributed by atoms with E-state index in [1.54, 1.807) is 6.92 Å². The topological polar surface area (TPSA) is 80.5 Å². The molecule has 1 aliphatic heterocycles. The summed E-state index contributed by atoms with van der Waals surface area (Å²) in [6.07, 6.45) is 3.50. The van der Waals surface area contributed by atoms with Crippen molar-refractivity contribution in [2.75, 3.05) is 0 Å². The predicted octanol–water partition coefficient (Wildman–Crippen LogP) is 3.34. The number of nitrogens with zero attached hydrogens (tertiary/aromatic N) is 1. The Balaban J connectivity index is 0. The van der Waals surface area contributed by atoms with Crippen LogP contribution in [0.25, 0.3) is 5.32 Å². The monoisotopic (exact) mass is 618 g/mol. The van der Waals surface area contributed by atoms with Gasteiger partial charge in [-0.2, -0.15) is 0 Å². The molecule has 3 rings (SSSR count). The van der Waals surface area contributed by atoms with Gasteiger partial charge < -0.3 is 35.4 Å². The molecule has 0 spiro atoms. The van der Waals surface area contributed by atoms with Crippen LogP contribution in [0.2, 0.25) is 0 Å². The average molecular weight is 618 g/mol. The molecule has 1 aromatic rings. The molecule has 0 saturated heterocycles. The van der Waals surface area contributed by atoms with Crippen LogP contribution in [-0.2, 0) is 69.8 Å². The zero-order valence-corrected chi connectivity index (χ0v) is 22.1. The van der Waals surface area contributed by atoms with Crippen LogP contribution < -0.4 is 5.32 Å². The first-order valence-electron chi connectivity index (χ1n) is 8.36. The quantitative estimate of drug-likeness (QED) is 0.498. The van der Waals surface area contributed by atoms with Crippen molar-refractivity contribution in [1.82, 2.24) is 5.32 Å². The van der Waals surface area contributed by atoms with Gasteiger partial charge in [0, 0.05) is 32.7 Å². The third kappa shape index (κ3) is 8.05. The summed E-state index contributed by atoms with van der Waals surface area (Å²) in [5, 5.41) is 16.8. The molecular weight excluding hydrogens is 589 g/mol. The number of amides is 2. The van der Waals surface area contributed by atoms with Gasteiger partial charge in [-0.15, -0.1) is 5.69 Å². The number of aliphatic hydroxyl groups is 1. The second-order valence-corrected chi connectivity index (χ2v) is 6.70. The number of fused-ring (bicyclic) bond motifs is 1. The van der Waals surface area contributed by atoms with Crippen molar-refractivity contribution in [2.24, 2.45) is 11.8 Å². The van der Waals surface area contributed by atoms with E-state index in [9.17, 15) is 14.7 Å². The first-order valence-corrected chi connectivity index (χ1v) is 8.36. The fourth-order valence-corrected chi connectivity index (χ4v) is 3.10. The Kier molecular flexibility index (Phi) is 14.2. The first kappa shape index (κ1) is 29.1. The number of benzene rings is 1. The Labute approximate surface area is 203 Å². The maximum absolute atomic E-state index is 12.5. The molecule has 147 valence electrons. The Bertz CT molecular complexity index is 609. The van der Waals surface area contributed by atoms with Crippen molar-refractivity contribution in [1.29, 1.82) is 0 Å². The molecule has 5 nitrogen and oxygen atoms in total. The molecule has 3 atom stereocenters. The largest absolute Gasteiger partial charge is 2.00 e. The van der Waals surface area contributed by atoms with Gasteiger partial charge in [0.15, 0.2) is 0 Å². The molecule has 0 unspecified atom stereocenters. The summed E-state index contributed by atoms with van der Waals surface area (Å²) in [4.78, 5) is 24.8. The van der Waals surface area contributed by atoms with Crippen LogP contribution in [0.1, 0.15) is 38.2 Å². The number of aryl methyl sites for hydroxylation is 1. The third-order valence-corrected chi connectivity index (χ3v) is 4.74. The van der Waals surface area contributed by atoms with Gasteiger partial charge in [-0.05, 0) is 32.1 Å². The zero-order chi connectivity index (χ0) is 16.4. The summed E-state index contributed by atoms with van der Waals surface area (Å²) < 4.78 is 0. The number of para-hydroxylation sites is 1. The van der Waals surface area contributed by atoms with Crippen LogP contribution in [-0.4, -0.2) is 29.1 Å². The van der Waals surface area contributed by atoms with Crippen LogP contribution in [0, 0.1) is 26.7 Å². The van der Waals surface area contributed by atoms with Crippen LogP contribution in [0.15, 0.2) is 24.3 Å². The summed E-state index contributed by atoms with van der Waals surface area (Å²) in [6.45, 7) is 1.64. The molecule has 1 saturated carbocycles. The number of aliphatic hydroxyl groups excluding tert-OH is 1. The minimum absolute atomic E-state index is 0. The molecule has 1 heterocycles. The van der Waals surface area contributed by atoms with E-state index < -0.39 is 18.1 Å². The van der Waals surface area contributed by atoms with Crippen molar-refractivity contribution in [3.8, 4) is 0 Å². The summed E-state index contributed by atoms with van der Waals surface area (Å²) in [6, 6.07) is 6.96. The molecule has 0 bridgehead atoms. The molecule has 0 aromatic heterocycles. The van der Waals surface area contributed by atoms with Gasteiger partial charge in [0.25, 0.3) is 0 Å². The summed E-state index contributed by atoms with van der Waals surface area (Å²) >= 11 is 0. The van der Waals surface area contributed by atoms with Crippen molar-refractivity contribution in [2.45, 2.75) is 51.2 Å².